The van der Waals surface area contributed by atoms with Crippen LogP contribution in [0.2, 0.25) is 0 Å². The van der Waals surface area contributed by atoms with Crippen molar-refractivity contribution < 1.29 is 0 Å². The minimum atomic E-state index is 0.683. The van der Waals surface area contributed by atoms with Crippen LogP contribution in [0.4, 0.5) is 0 Å². The quantitative estimate of drug-likeness (QED) is 0.767. The molecule has 0 radical (unpaired) electrons. The summed E-state index contributed by atoms with van der Waals surface area (Å²) in [6, 6.07) is 2.93. The minimum absolute atomic E-state index is 0.683. The molecule has 0 bridgehead atoms. The minimum Gasteiger partial charge on any atom is -0.308 e. The zero-order valence-corrected chi connectivity index (χ0v) is 12.1. The Morgan fingerprint density at radius 3 is 2.72 bits per heavy atom. The summed E-state index contributed by atoms with van der Waals surface area (Å²) in [5, 5.41) is 8.31. The molecule has 1 aromatic rings. The maximum atomic E-state index is 4.60. The number of nitrogens with zero attached hydrogens (tertiary/aromatic N) is 2. The van der Waals surface area contributed by atoms with E-state index in [1.165, 1.54) is 37.1 Å². The molecule has 3 nitrogen and oxygen atoms in total. The summed E-state index contributed by atoms with van der Waals surface area (Å²) < 4.78 is 2.13. The van der Waals surface area contributed by atoms with Crippen LogP contribution in [-0.2, 0) is 19.5 Å². The molecule has 18 heavy (non-hydrogen) atoms. The zero-order valence-electron chi connectivity index (χ0n) is 12.1. The molecule has 0 saturated heterocycles. The first kappa shape index (κ1) is 13.6. The maximum absolute atomic E-state index is 4.60. The van der Waals surface area contributed by atoms with Gasteiger partial charge in [0, 0.05) is 19.1 Å². The van der Waals surface area contributed by atoms with E-state index in [0.29, 0.717) is 6.04 Å². The highest BCUT2D eigenvalue weighted by Gasteiger charge is 2.24. The molecule has 0 aliphatic heterocycles. The van der Waals surface area contributed by atoms with Gasteiger partial charge in [-0.1, -0.05) is 26.7 Å². The molecule has 1 aliphatic carbocycles. The van der Waals surface area contributed by atoms with Crippen molar-refractivity contribution in [3.05, 3.63) is 17.5 Å². The van der Waals surface area contributed by atoms with E-state index in [4.69, 9.17) is 0 Å². The summed E-state index contributed by atoms with van der Waals surface area (Å²) in [6.45, 7) is 8.55. The Bertz CT molecular complexity index is 366. The largest absolute Gasteiger partial charge is 0.308 e. The van der Waals surface area contributed by atoms with Crippen molar-refractivity contribution in [1.29, 1.82) is 0 Å². The van der Waals surface area contributed by atoms with E-state index in [0.717, 1.165) is 25.4 Å². The van der Waals surface area contributed by atoms with Crippen molar-refractivity contribution in [2.45, 2.75) is 72.0 Å². The van der Waals surface area contributed by atoms with Crippen molar-refractivity contribution in [1.82, 2.24) is 15.1 Å². The molecule has 1 saturated carbocycles. The van der Waals surface area contributed by atoms with Crippen LogP contribution in [0.25, 0.3) is 0 Å². The Morgan fingerprint density at radius 1 is 1.39 bits per heavy atom. The first-order valence-electron chi connectivity index (χ1n) is 7.55. The Morgan fingerprint density at radius 2 is 2.17 bits per heavy atom. The maximum Gasteiger partial charge on any atom is 0.0625 e. The van der Waals surface area contributed by atoms with Crippen molar-refractivity contribution in [3.8, 4) is 0 Å². The second kappa shape index (κ2) is 6.37. The average molecular weight is 249 g/mol. The lowest BCUT2D eigenvalue weighted by atomic mass is 10.1. The van der Waals surface area contributed by atoms with Crippen LogP contribution in [-0.4, -0.2) is 15.8 Å². The Kier molecular flexibility index (Phi) is 4.81. The van der Waals surface area contributed by atoms with E-state index < -0.39 is 0 Å². The van der Waals surface area contributed by atoms with E-state index in [-0.39, 0.29) is 0 Å². The van der Waals surface area contributed by atoms with Gasteiger partial charge in [-0.05, 0) is 38.2 Å². The van der Waals surface area contributed by atoms with Gasteiger partial charge in [0.2, 0.25) is 0 Å². The number of rotatable bonds is 8. The number of hydrogen-bond donors (Lipinski definition) is 1. The van der Waals surface area contributed by atoms with Crippen LogP contribution in [0.1, 0.15) is 57.8 Å². The highest BCUT2D eigenvalue weighted by molar-refractivity contribution is 5.10. The van der Waals surface area contributed by atoms with Crippen molar-refractivity contribution >= 4 is 0 Å². The molecule has 0 spiro atoms. The summed E-state index contributed by atoms with van der Waals surface area (Å²) in [5.74, 6) is 1.00. The lowest BCUT2D eigenvalue weighted by Gasteiger charge is -2.16. The number of aromatic nitrogens is 2. The molecule has 0 amide bonds. The highest BCUT2D eigenvalue weighted by atomic mass is 15.3. The molecule has 2 rings (SSSR count). The first-order valence-corrected chi connectivity index (χ1v) is 7.55. The van der Waals surface area contributed by atoms with Gasteiger partial charge >= 0.3 is 0 Å². The molecule has 1 N–H and O–H groups in total. The monoisotopic (exact) mass is 249 g/mol. The fourth-order valence-corrected chi connectivity index (χ4v) is 2.50. The van der Waals surface area contributed by atoms with Crippen molar-refractivity contribution in [2.24, 2.45) is 5.92 Å². The predicted molar refractivity (Wildman–Crippen MR) is 75.5 cm³/mol. The average Bonchev–Trinajstić information content (AvgIpc) is 3.12. The van der Waals surface area contributed by atoms with Gasteiger partial charge in [-0.2, -0.15) is 5.10 Å². The molecule has 3 heteroatoms. The smallest absolute Gasteiger partial charge is 0.0625 e. The lowest BCUT2D eigenvalue weighted by Crippen LogP contribution is -2.29. The van der Waals surface area contributed by atoms with E-state index in [1.54, 1.807) is 0 Å². The SMILES string of the molecule is CCc1cc(CNC(CC)CC2CC2)n(CC)n1. The van der Waals surface area contributed by atoms with E-state index >= 15 is 0 Å². The molecule has 1 aliphatic rings. The Labute approximate surface area is 111 Å². The van der Waals surface area contributed by atoms with E-state index in [2.05, 4.69) is 41.9 Å². The van der Waals surface area contributed by atoms with Gasteiger partial charge in [0.1, 0.15) is 0 Å². The van der Waals surface area contributed by atoms with Crippen LogP contribution in [0.3, 0.4) is 0 Å². The van der Waals surface area contributed by atoms with Crippen LogP contribution in [0.15, 0.2) is 6.07 Å². The predicted octanol–water partition coefficient (Wildman–Crippen LogP) is 3.13. The first-order chi connectivity index (χ1) is 8.76. The standard InChI is InChI=1S/C15H27N3/c1-4-13(9-12-7-8-12)16-11-15-10-14(5-2)17-18(15)6-3/h10,12-13,16H,4-9,11H2,1-3H3. The number of hydrogen-bond acceptors (Lipinski definition) is 2. The normalized spacial score (nSPS) is 17.1. The van der Waals surface area contributed by atoms with Gasteiger partial charge in [-0.25, -0.2) is 0 Å². The molecule has 1 unspecified atom stereocenters. The van der Waals surface area contributed by atoms with Gasteiger partial charge in [0.25, 0.3) is 0 Å². The molecular weight excluding hydrogens is 222 g/mol. The van der Waals surface area contributed by atoms with Crippen molar-refractivity contribution in [3.63, 3.8) is 0 Å². The Balaban J connectivity index is 1.88. The Hall–Kier alpha value is -0.830. The highest BCUT2D eigenvalue weighted by Crippen LogP contribution is 2.34. The molecule has 0 aromatic carbocycles. The molecule has 1 atom stereocenters. The summed E-state index contributed by atoms with van der Waals surface area (Å²) in [4.78, 5) is 0. The summed E-state index contributed by atoms with van der Waals surface area (Å²) in [5.41, 5.74) is 2.55. The fraction of sp³-hybridized carbons (Fsp3) is 0.800. The number of nitrogens with one attached hydrogen (secondary N) is 1. The molecule has 102 valence electrons. The summed E-state index contributed by atoms with van der Waals surface area (Å²) in [6.07, 6.45) is 6.52. The third kappa shape index (κ3) is 3.58. The number of aryl methyl sites for hydroxylation is 2. The molecule has 1 fully saturated rings. The van der Waals surface area contributed by atoms with Crippen LogP contribution in [0, 0.1) is 5.92 Å². The lowest BCUT2D eigenvalue weighted by molar-refractivity contribution is 0.434. The van der Waals surface area contributed by atoms with Gasteiger partial charge in [-0.15, -0.1) is 0 Å². The topological polar surface area (TPSA) is 29.9 Å². The second-order valence-electron chi connectivity index (χ2n) is 5.46. The van der Waals surface area contributed by atoms with Crippen LogP contribution < -0.4 is 5.32 Å². The molecular formula is C15H27N3. The summed E-state index contributed by atoms with van der Waals surface area (Å²) in [7, 11) is 0. The third-order valence-corrected chi connectivity index (χ3v) is 3.96. The van der Waals surface area contributed by atoms with Crippen LogP contribution in [0.5, 0.6) is 0 Å². The fourth-order valence-electron chi connectivity index (χ4n) is 2.50. The van der Waals surface area contributed by atoms with Crippen LogP contribution >= 0.6 is 0 Å². The van der Waals surface area contributed by atoms with Gasteiger partial charge in [0.05, 0.1) is 11.4 Å². The zero-order chi connectivity index (χ0) is 13.0. The summed E-state index contributed by atoms with van der Waals surface area (Å²) >= 11 is 0. The van der Waals surface area contributed by atoms with Gasteiger partial charge in [-0.3, -0.25) is 4.68 Å². The second-order valence-corrected chi connectivity index (χ2v) is 5.46. The third-order valence-electron chi connectivity index (χ3n) is 3.96. The van der Waals surface area contributed by atoms with Gasteiger partial charge < -0.3 is 5.32 Å². The van der Waals surface area contributed by atoms with Gasteiger partial charge in [0.15, 0.2) is 0 Å². The van der Waals surface area contributed by atoms with E-state index in [9.17, 15) is 0 Å². The molecule has 1 aromatic heterocycles. The molecule has 1 heterocycles. The van der Waals surface area contributed by atoms with Crippen molar-refractivity contribution in [2.75, 3.05) is 0 Å². The van der Waals surface area contributed by atoms with E-state index in [1.807, 2.05) is 0 Å².